The number of carbonyl (C=O) groups excluding carboxylic acids is 1. The Bertz CT molecular complexity index is 447. The van der Waals surface area contributed by atoms with Crippen LogP contribution >= 0.6 is 0 Å². The maximum Gasteiger partial charge on any atom is 0.376 e. The molecule has 1 saturated heterocycles. The first-order valence-corrected chi connectivity index (χ1v) is 7.06. The van der Waals surface area contributed by atoms with Gasteiger partial charge in [-0.05, 0) is 37.9 Å². The predicted octanol–water partition coefficient (Wildman–Crippen LogP) is 1.41. The van der Waals surface area contributed by atoms with Gasteiger partial charge in [0.2, 0.25) is 5.82 Å². The zero-order chi connectivity index (χ0) is 14.4. The first-order valence-electron chi connectivity index (χ1n) is 7.06. The zero-order valence-electron chi connectivity index (χ0n) is 12.1. The van der Waals surface area contributed by atoms with Crippen molar-refractivity contribution in [2.75, 3.05) is 38.6 Å². The quantitative estimate of drug-likeness (QED) is 0.794. The minimum Gasteiger partial charge on any atom is -0.463 e. The highest BCUT2D eigenvalue weighted by Gasteiger charge is 2.15. The van der Waals surface area contributed by atoms with E-state index in [9.17, 15) is 4.79 Å². The van der Waals surface area contributed by atoms with Crippen molar-refractivity contribution in [3.63, 3.8) is 0 Å². The molecular formula is C14H22N4O2. The Morgan fingerprint density at radius 2 is 2.25 bits per heavy atom. The molecular weight excluding hydrogens is 256 g/mol. The summed E-state index contributed by atoms with van der Waals surface area (Å²) in [5.74, 6) is 0.766. The van der Waals surface area contributed by atoms with Gasteiger partial charge in [-0.25, -0.2) is 14.8 Å². The van der Waals surface area contributed by atoms with Crippen molar-refractivity contribution in [2.45, 2.75) is 19.8 Å². The number of hydrogen-bond donors (Lipinski definition) is 1. The van der Waals surface area contributed by atoms with Crippen LogP contribution in [0.3, 0.4) is 0 Å². The number of nitrogens with one attached hydrogen (secondary N) is 1. The minimum absolute atomic E-state index is 0.0877. The first kappa shape index (κ1) is 14.7. The van der Waals surface area contributed by atoms with Crippen molar-refractivity contribution in [1.29, 1.82) is 0 Å². The number of anilines is 1. The average molecular weight is 278 g/mol. The molecule has 1 aliphatic heterocycles. The Hall–Kier alpha value is -1.69. The molecule has 1 atom stereocenters. The summed E-state index contributed by atoms with van der Waals surface area (Å²) >= 11 is 0. The van der Waals surface area contributed by atoms with Gasteiger partial charge in [0.25, 0.3) is 0 Å². The van der Waals surface area contributed by atoms with Crippen molar-refractivity contribution < 1.29 is 9.53 Å². The van der Waals surface area contributed by atoms with E-state index < -0.39 is 5.97 Å². The van der Waals surface area contributed by atoms with Crippen molar-refractivity contribution in [1.82, 2.24) is 14.9 Å². The van der Waals surface area contributed by atoms with Crippen molar-refractivity contribution in [3.8, 4) is 0 Å². The maximum absolute atomic E-state index is 11.4. The van der Waals surface area contributed by atoms with Crippen molar-refractivity contribution in [2.24, 2.45) is 5.92 Å². The Kier molecular flexibility index (Phi) is 5.29. The standard InChI is InChI=1S/C14H22N4O2/c1-11(10-18-7-3-4-8-18)9-16-12-5-6-15-13(17-12)14(19)20-2/h5-6,11H,3-4,7-10H2,1-2H3,(H,15,16,17). The van der Waals surface area contributed by atoms with Crippen LogP contribution < -0.4 is 5.32 Å². The fourth-order valence-electron chi connectivity index (χ4n) is 2.40. The molecule has 1 aromatic rings. The highest BCUT2D eigenvalue weighted by molar-refractivity contribution is 5.85. The molecule has 2 rings (SSSR count). The number of likely N-dealkylation sites (tertiary alicyclic amines) is 1. The van der Waals surface area contributed by atoms with E-state index in [1.165, 1.54) is 33.0 Å². The number of ether oxygens (including phenoxy) is 1. The van der Waals surface area contributed by atoms with Gasteiger partial charge in [0, 0.05) is 19.3 Å². The summed E-state index contributed by atoms with van der Waals surface area (Å²) < 4.78 is 4.61. The fourth-order valence-corrected chi connectivity index (χ4v) is 2.40. The molecule has 0 saturated carbocycles. The lowest BCUT2D eigenvalue weighted by atomic mass is 10.1. The molecule has 1 unspecified atom stereocenters. The van der Waals surface area contributed by atoms with E-state index in [1.807, 2.05) is 0 Å². The van der Waals surface area contributed by atoms with Crippen molar-refractivity contribution in [3.05, 3.63) is 18.1 Å². The summed E-state index contributed by atoms with van der Waals surface area (Å²) in [7, 11) is 1.32. The molecule has 1 N–H and O–H groups in total. The van der Waals surface area contributed by atoms with E-state index in [4.69, 9.17) is 0 Å². The number of carbonyl (C=O) groups is 1. The molecule has 2 heterocycles. The number of esters is 1. The number of nitrogens with zero attached hydrogens (tertiary/aromatic N) is 3. The van der Waals surface area contributed by atoms with E-state index in [2.05, 4.69) is 31.8 Å². The van der Waals surface area contributed by atoms with Gasteiger partial charge in [-0.2, -0.15) is 0 Å². The number of rotatable bonds is 6. The second kappa shape index (κ2) is 7.19. The highest BCUT2D eigenvalue weighted by atomic mass is 16.5. The summed E-state index contributed by atoms with van der Waals surface area (Å²) in [5, 5.41) is 3.25. The summed E-state index contributed by atoms with van der Waals surface area (Å²) in [6.07, 6.45) is 4.19. The van der Waals surface area contributed by atoms with Crippen LogP contribution in [0.15, 0.2) is 12.3 Å². The third kappa shape index (κ3) is 4.16. The molecule has 0 amide bonds. The second-order valence-electron chi connectivity index (χ2n) is 5.25. The normalized spacial score (nSPS) is 16.9. The molecule has 0 radical (unpaired) electrons. The lowest BCUT2D eigenvalue weighted by Gasteiger charge is -2.20. The van der Waals surface area contributed by atoms with E-state index in [0.29, 0.717) is 11.7 Å². The molecule has 6 heteroatoms. The Labute approximate surface area is 119 Å². The van der Waals surface area contributed by atoms with E-state index in [-0.39, 0.29) is 5.82 Å². The third-order valence-corrected chi connectivity index (χ3v) is 3.42. The third-order valence-electron chi connectivity index (χ3n) is 3.42. The van der Waals surface area contributed by atoms with Gasteiger partial charge in [0.15, 0.2) is 0 Å². The van der Waals surface area contributed by atoms with Gasteiger partial charge in [0.1, 0.15) is 5.82 Å². The first-order chi connectivity index (χ1) is 9.69. The molecule has 1 fully saturated rings. The van der Waals surface area contributed by atoms with Crippen LogP contribution in [0.5, 0.6) is 0 Å². The Morgan fingerprint density at radius 3 is 2.95 bits per heavy atom. The molecule has 6 nitrogen and oxygen atoms in total. The topological polar surface area (TPSA) is 67.3 Å². The van der Waals surface area contributed by atoms with Crippen LogP contribution in [0.2, 0.25) is 0 Å². The predicted molar refractivity (Wildman–Crippen MR) is 76.7 cm³/mol. The summed E-state index contributed by atoms with van der Waals surface area (Å²) in [5.41, 5.74) is 0. The fraction of sp³-hybridized carbons (Fsp3) is 0.643. The van der Waals surface area contributed by atoms with Gasteiger partial charge in [0.05, 0.1) is 7.11 Å². The van der Waals surface area contributed by atoms with Gasteiger partial charge in [-0.15, -0.1) is 0 Å². The molecule has 110 valence electrons. The number of hydrogen-bond acceptors (Lipinski definition) is 6. The lowest BCUT2D eigenvalue weighted by molar-refractivity contribution is 0.0587. The molecule has 0 bridgehead atoms. The highest BCUT2D eigenvalue weighted by Crippen LogP contribution is 2.11. The van der Waals surface area contributed by atoms with E-state index in [1.54, 1.807) is 12.3 Å². The van der Waals surface area contributed by atoms with Crippen LogP contribution in [0.4, 0.5) is 5.82 Å². The molecule has 0 aromatic carbocycles. The van der Waals surface area contributed by atoms with Crippen LogP contribution in [0.1, 0.15) is 30.4 Å². The monoisotopic (exact) mass is 278 g/mol. The molecule has 20 heavy (non-hydrogen) atoms. The largest absolute Gasteiger partial charge is 0.463 e. The van der Waals surface area contributed by atoms with Gasteiger partial charge >= 0.3 is 5.97 Å². The smallest absolute Gasteiger partial charge is 0.376 e. The summed E-state index contributed by atoms with van der Waals surface area (Å²) in [6.45, 7) is 6.57. The average Bonchev–Trinajstić information content (AvgIpc) is 2.97. The SMILES string of the molecule is COC(=O)c1nccc(NCC(C)CN2CCCC2)n1. The molecule has 1 aromatic heterocycles. The van der Waals surface area contributed by atoms with Crippen LogP contribution in [0.25, 0.3) is 0 Å². The van der Waals surface area contributed by atoms with Gasteiger partial charge < -0.3 is 15.0 Å². The minimum atomic E-state index is -0.515. The van der Waals surface area contributed by atoms with E-state index in [0.717, 1.165) is 13.1 Å². The Morgan fingerprint density at radius 1 is 1.50 bits per heavy atom. The summed E-state index contributed by atoms with van der Waals surface area (Å²) in [6, 6.07) is 1.76. The van der Waals surface area contributed by atoms with Crippen LogP contribution in [-0.2, 0) is 4.74 Å². The Balaban J connectivity index is 1.82. The summed E-state index contributed by atoms with van der Waals surface area (Å²) in [4.78, 5) is 21.9. The number of aromatic nitrogens is 2. The van der Waals surface area contributed by atoms with Crippen molar-refractivity contribution >= 4 is 11.8 Å². The molecule has 0 spiro atoms. The van der Waals surface area contributed by atoms with E-state index >= 15 is 0 Å². The lowest BCUT2D eigenvalue weighted by Crippen LogP contribution is -2.29. The number of methoxy groups -OCH3 is 1. The molecule has 1 aliphatic rings. The van der Waals surface area contributed by atoms with Crippen LogP contribution in [-0.4, -0.2) is 54.1 Å². The van der Waals surface area contributed by atoms with Gasteiger partial charge in [-0.1, -0.05) is 6.92 Å². The maximum atomic E-state index is 11.4. The molecule has 0 aliphatic carbocycles. The zero-order valence-corrected chi connectivity index (χ0v) is 12.1. The van der Waals surface area contributed by atoms with Gasteiger partial charge in [-0.3, -0.25) is 0 Å². The second-order valence-corrected chi connectivity index (χ2v) is 5.25. The van der Waals surface area contributed by atoms with Crippen LogP contribution in [0, 0.1) is 5.92 Å².